The van der Waals surface area contributed by atoms with Crippen molar-refractivity contribution in [3.63, 3.8) is 0 Å². The maximum atomic E-state index is 12.8. The number of benzene rings is 3. The Morgan fingerprint density at radius 1 is 0.909 bits per heavy atom. The first kappa shape index (κ1) is 23.7. The number of carbonyl (C=O) groups excluding carboxylic acids is 2. The molecule has 3 N–H and O–H groups in total. The van der Waals surface area contributed by atoms with Crippen molar-refractivity contribution in [1.29, 1.82) is 0 Å². The second-order valence-electron chi connectivity index (χ2n) is 8.06. The standard InChI is InChI=1S/C27H28N2O4/c1-18-8-9-19(2)23(16-18)21-10-12-22(13-11-21)26(32)29-24(14-15-25(30)31)27(33)28-17-20-6-4-3-5-7-20/h3-13,16,24H,14-15,17H2,1-2H3,(H,28,33)(H,29,32)(H,30,31)/t24-/m0/s1. The lowest BCUT2D eigenvalue weighted by Crippen LogP contribution is -2.46. The van der Waals surface area contributed by atoms with E-state index in [2.05, 4.69) is 28.8 Å². The minimum Gasteiger partial charge on any atom is -0.481 e. The molecule has 0 aliphatic heterocycles. The van der Waals surface area contributed by atoms with Crippen molar-refractivity contribution in [2.75, 3.05) is 0 Å². The number of carboxylic acid groups (broad SMARTS) is 1. The van der Waals surface area contributed by atoms with Gasteiger partial charge in [0.1, 0.15) is 6.04 Å². The third-order valence-corrected chi connectivity index (χ3v) is 5.43. The fourth-order valence-corrected chi connectivity index (χ4v) is 3.53. The van der Waals surface area contributed by atoms with Crippen LogP contribution in [0.15, 0.2) is 72.8 Å². The zero-order chi connectivity index (χ0) is 23.8. The molecule has 3 aromatic carbocycles. The van der Waals surface area contributed by atoms with Crippen LogP contribution >= 0.6 is 0 Å². The van der Waals surface area contributed by atoms with E-state index in [9.17, 15) is 14.4 Å². The highest BCUT2D eigenvalue weighted by Crippen LogP contribution is 2.25. The highest BCUT2D eigenvalue weighted by atomic mass is 16.4. The van der Waals surface area contributed by atoms with Crippen molar-refractivity contribution in [2.45, 2.75) is 39.3 Å². The highest BCUT2D eigenvalue weighted by molar-refractivity contribution is 5.98. The molecule has 0 saturated heterocycles. The first-order chi connectivity index (χ1) is 15.8. The molecule has 0 aliphatic rings. The van der Waals surface area contributed by atoms with E-state index in [1.807, 2.05) is 56.3 Å². The highest BCUT2D eigenvalue weighted by Gasteiger charge is 2.22. The van der Waals surface area contributed by atoms with Crippen LogP contribution in [0.3, 0.4) is 0 Å². The molecule has 33 heavy (non-hydrogen) atoms. The predicted octanol–water partition coefficient (Wildman–Crippen LogP) is 4.25. The molecule has 0 spiro atoms. The van der Waals surface area contributed by atoms with Gasteiger partial charge in [0, 0.05) is 18.5 Å². The lowest BCUT2D eigenvalue weighted by Gasteiger charge is -2.18. The minimum absolute atomic E-state index is 0.00225. The molecular weight excluding hydrogens is 416 g/mol. The van der Waals surface area contributed by atoms with Gasteiger partial charge in [-0.3, -0.25) is 14.4 Å². The first-order valence-corrected chi connectivity index (χ1v) is 10.9. The molecule has 2 amide bonds. The molecule has 0 fully saturated rings. The van der Waals surface area contributed by atoms with Crippen LogP contribution in [0.1, 0.15) is 39.9 Å². The van der Waals surface area contributed by atoms with E-state index in [0.29, 0.717) is 12.1 Å². The summed E-state index contributed by atoms with van der Waals surface area (Å²) in [5, 5.41) is 14.5. The second-order valence-corrected chi connectivity index (χ2v) is 8.06. The normalized spacial score (nSPS) is 11.5. The lowest BCUT2D eigenvalue weighted by molar-refractivity contribution is -0.137. The van der Waals surface area contributed by atoms with Crippen LogP contribution < -0.4 is 10.6 Å². The molecule has 0 aromatic heterocycles. The van der Waals surface area contributed by atoms with E-state index >= 15 is 0 Å². The topological polar surface area (TPSA) is 95.5 Å². The van der Waals surface area contributed by atoms with Crippen molar-refractivity contribution >= 4 is 17.8 Å². The van der Waals surface area contributed by atoms with Gasteiger partial charge in [-0.1, -0.05) is 66.2 Å². The number of aliphatic carboxylic acids is 1. The Bertz CT molecular complexity index is 1120. The van der Waals surface area contributed by atoms with Crippen LogP contribution in [0.4, 0.5) is 0 Å². The van der Waals surface area contributed by atoms with Crippen LogP contribution in [-0.2, 0) is 16.1 Å². The van der Waals surface area contributed by atoms with Gasteiger partial charge >= 0.3 is 5.97 Å². The van der Waals surface area contributed by atoms with Crippen LogP contribution in [-0.4, -0.2) is 28.9 Å². The molecule has 0 heterocycles. The summed E-state index contributed by atoms with van der Waals surface area (Å²) < 4.78 is 0. The first-order valence-electron chi connectivity index (χ1n) is 10.9. The van der Waals surface area contributed by atoms with E-state index in [1.165, 1.54) is 0 Å². The Hall–Kier alpha value is -3.93. The lowest BCUT2D eigenvalue weighted by atomic mass is 9.97. The van der Waals surface area contributed by atoms with Crippen molar-refractivity contribution in [1.82, 2.24) is 10.6 Å². The molecule has 0 unspecified atom stereocenters. The van der Waals surface area contributed by atoms with Crippen molar-refractivity contribution < 1.29 is 19.5 Å². The maximum absolute atomic E-state index is 12.8. The van der Waals surface area contributed by atoms with Crippen LogP contribution in [0.2, 0.25) is 0 Å². The molecule has 170 valence electrons. The van der Waals surface area contributed by atoms with Gasteiger partial charge in [-0.25, -0.2) is 0 Å². The average Bonchev–Trinajstić information content (AvgIpc) is 2.82. The Morgan fingerprint density at radius 3 is 2.27 bits per heavy atom. The van der Waals surface area contributed by atoms with Gasteiger partial charge in [-0.05, 0) is 54.7 Å². The van der Waals surface area contributed by atoms with E-state index in [1.54, 1.807) is 12.1 Å². The molecule has 0 saturated carbocycles. The number of aryl methyl sites for hydroxylation is 2. The summed E-state index contributed by atoms with van der Waals surface area (Å²) in [6.45, 7) is 4.37. The summed E-state index contributed by atoms with van der Waals surface area (Å²) in [4.78, 5) is 36.5. The quantitative estimate of drug-likeness (QED) is 0.460. The van der Waals surface area contributed by atoms with Crippen molar-refractivity contribution in [3.8, 4) is 11.1 Å². The monoisotopic (exact) mass is 444 g/mol. The summed E-state index contributed by atoms with van der Waals surface area (Å²) in [5.41, 5.74) is 5.70. The molecular formula is C27H28N2O4. The molecule has 3 aromatic rings. The Balaban J connectivity index is 1.69. The van der Waals surface area contributed by atoms with Crippen molar-refractivity contribution in [3.05, 3.63) is 95.1 Å². The predicted molar refractivity (Wildman–Crippen MR) is 128 cm³/mol. The van der Waals surface area contributed by atoms with Gasteiger partial charge in [0.2, 0.25) is 5.91 Å². The fourth-order valence-electron chi connectivity index (χ4n) is 3.53. The van der Waals surface area contributed by atoms with Gasteiger partial charge in [-0.15, -0.1) is 0 Å². The summed E-state index contributed by atoms with van der Waals surface area (Å²) in [6.07, 6.45) is -0.225. The van der Waals surface area contributed by atoms with E-state index in [-0.39, 0.29) is 12.8 Å². The number of hydrogen-bond acceptors (Lipinski definition) is 3. The number of amides is 2. The number of carboxylic acids is 1. The number of hydrogen-bond donors (Lipinski definition) is 3. The molecule has 3 rings (SSSR count). The molecule has 6 heteroatoms. The number of nitrogens with one attached hydrogen (secondary N) is 2. The minimum atomic E-state index is -1.03. The number of carbonyl (C=O) groups is 3. The fraction of sp³-hybridized carbons (Fsp3) is 0.222. The van der Waals surface area contributed by atoms with Crippen molar-refractivity contribution in [2.24, 2.45) is 0 Å². The summed E-state index contributed by atoms with van der Waals surface area (Å²) in [5.74, 6) is -1.86. The largest absolute Gasteiger partial charge is 0.481 e. The van der Waals surface area contributed by atoms with Gasteiger partial charge in [0.25, 0.3) is 5.91 Å². The van der Waals surface area contributed by atoms with Gasteiger partial charge in [-0.2, -0.15) is 0 Å². The third kappa shape index (κ3) is 6.77. The molecule has 1 atom stereocenters. The third-order valence-electron chi connectivity index (χ3n) is 5.43. The SMILES string of the molecule is Cc1ccc(C)c(-c2ccc(C(=O)N[C@@H](CCC(=O)O)C(=O)NCc3ccccc3)cc2)c1. The summed E-state index contributed by atoms with van der Waals surface area (Å²) >= 11 is 0. The Kier molecular flexibility index (Phi) is 7.97. The van der Waals surface area contributed by atoms with E-state index in [0.717, 1.165) is 27.8 Å². The molecule has 0 bridgehead atoms. The number of rotatable bonds is 9. The zero-order valence-electron chi connectivity index (χ0n) is 18.8. The van der Waals surface area contributed by atoms with Crippen LogP contribution in [0.5, 0.6) is 0 Å². The van der Waals surface area contributed by atoms with E-state index < -0.39 is 23.8 Å². The average molecular weight is 445 g/mol. The zero-order valence-corrected chi connectivity index (χ0v) is 18.8. The van der Waals surface area contributed by atoms with Crippen LogP contribution in [0.25, 0.3) is 11.1 Å². The summed E-state index contributed by atoms with van der Waals surface area (Å²) in [7, 11) is 0. The van der Waals surface area contributed by atoms with Crippen LogP contribution in [0, 0.1) is 13.8 Å². The maximum Gasteiger partial charge on any atom is 0.303 e. The Morgan fingerprint density at radius 2 is 1.61 bits per heavy atom. The molecule has 0 radical (unpaired) electrons. The summed E-state index contributed by atoms with van der Waals surface area (Å²) in [6, 6.07) is 21.8. The second kappa shape index (κ2) is 11.1. The smallest absolute Gasteiger partial charge is 0.303 e. The molecule has 0 aliphatic carbocycles. The van der Waals surface area contributed by atoms with Gasteiger partial charge in [0.05, 0.1) is 0 Å². The molecule has 6 nitrogen and oxygen atoms in total. The Labute approximate surface area is 193 Å². The van der Waals surface area contributed by atoms with Gasteiger partial charge < -0.3 is 15.7 Å². The van der Waals surface area contributed by atoms with E-state index in [4.69, 9.17) is 5.11 Å². The van der Waals surface area contributed by atoms with Gasteiger partial charge in [0.15, 0.2) is 0 Å².